The van der Waals surface area contributed by atoms with Crippen molar-refractivity contribution in [2.24, 2.45) is 0 Å². The smallest absolute Gasteiger partial charge is 0.264 e. The molecule has 1 unspecified atom stereocenters. The highest BCUT2D eigenvalue weighted by atomic mass is 35.5. The lowest BCUT2D eigenvalue weighted by molar-refractivity contribution is 0.0742. The first kappa shape index (κ1) is 20.1. The van der Waals surface area contributed by atoms with Crippen LogP contribution in [0.2, 0.25) is 5.02 Å². The second-order valence-corrected chi connectivity index (χ2v) is 8.07. The van der Waals surface area contributed by atoms with E-state index in [-0.39, 0.29) is 24.4 Å². The maximum atomic E-state index is 13.1. The largest absolute Gasteiger partial charge is 0.334 e. The molecule has 1 atom stereocenters. The zero-order valence-electron chi connectivity index (χ0n) is 15.2. The normalized spacial score (nSPS) is 16.7. The number of nitrogens with zero attached hydrogens (tertiary/aromatic N) is 3. The Bertz CT molecular complexity index is 968. The third-order valence-electron chi connectivity index (χ3n) is 4.91. The van der Waals surface area contributed by atoms with Gasteiger partial charge >= 0.3 is 0 Å². The van der Waals surface area contributed by atoms with Crippen molar-refractivity contribution in [1.29, 1.82) is 0 Å². The van der Waals surface area contributed by atoms with E-state index in [4.69, 9.17) is 11.6 Å². The molecule has 5 nitrogen and oxygen atoms in total. The minimum absolute atomic E-state index is 0. The molecule has 1 aliphatic heterocycles. The predicted octanol–water partition coefficient (Wildman–Crippen LogP) is 4.29. The van der Waals surface area contributed by atoms with Crippen LogP contribution in [-0.4, -0.2) is 46.8 Å². The average Bonchev–Trinajstić information content (AvgIpc) is 3.32. The number of amides is 1. The molecule has 3 heterocycles. The number of halogens is 2. The van der Waals surface area contributed by atoms with Gasteiger partial charge < -0.3 is 10.2 Å². The summed E-state index contributed by atoms with van der Waals surface area (Å²) in [6.45, 7) is 3.63. The molecule has 1 saturated heterocycles. The van der Waals surface area contributed by atoms with Crippen LogP contribution in [0.15, 0.2) is 30.3 Å². The molecule has 1 aliphatic rings. The number of benzene rings is 1. The number of likely N-dealkylation sites (tertiary alicyclic amines) is 1. The standard InChI is InChI=1S/C19H21ClN4OS.ClH/c1-12-14-10-17(18(25)23-9-5-6-13(23)11-21-2)26-19(14)24(22-12)16-8-4-3-7-15(16)20;/h3-4,7-8,10,13,21H,5-6,9,11H2,1-2H3;1H. The average molecular weight is 425 g/mol. The van der Waals surface area contributed by atoms with Gasteiger partial charge in [0.25, 0.3) is 5.91 Å². The van der Waals surface area contributed by atoms with Crippen molar-refractivity contribution in [1.82, 2.24) is 20.0 Å². The van der Waals surface area contributed by atoms with Gasteiger partial charge in [-0.25, -0.2) is 4.68 Å². The van der Waals surface area contributed by atoms with Crippen molar-refractivity contribution in [2.45, 2.75) is 25.8 Å². The van der Waals surface area contributed by atoms with Gasteiger partial charge in [-0.15, -0.1) is 23.7 Å². The summed E-state index contributed by atoms with van der Waals surface area (Å²) in [6.07, 6.45) is 2.12. The van der Waals surface area contributed by atoms with Gasteiger partial charge in [0.1, 0.15) is 4.83 Å². The number of hydrogen-bond acceptors (Lipinski definition) is 4. The first-order chi connectivity index (χ1) is 12.6. The monoisotopic (exact) mass is 424 g/mol. The predicted molar refractivity (Wildman–Crippen MR) is 114 cm³/mol. The highest BCUT2D eigenvalue weighted by Crippen LogP contribution is 2.33. The summed E-state index contributed by atoms with van der Waals surface area (Å²) in [5.41, 5.74) is 1.74. The molecule has 1 amide bonds. The molecule has 1 N–H and O–H groups in total. The summed E-state index contributed by atoms with van der Waals surface area (Å²) >= 11 is 7.85. The molecule has 27 heavy (non-hydrogen) atoms. The van der Waals surface area contributed by atoms with Crippen LogP contribution in [0.1, 0.15) is 28.2 Å². The van der Waals surface area contributed by atoms with E-state index in [0.29, 0.717) is 5.02 Å². The molecule has 8 heteroatoms. The minimum Gasteiger partial charge on any atom is -0.334 e. The molecule has 1 fully saturated rings. The Morgan fingerprint density at radius 1 is 1.41 bits per heavy atom. The number of hydrogen-bond donors (Lipinski definition) is 1. The van der Waals surface area contributed by atoms with Gasteiger partial charge in [0.2, 0.25) is 0 Å². The second-order valence-electron chi connectivity index (χ2n) is 6.63. The number of carbonyl (C=O) groups excluding carboxylic acids is 1. The molecule has 4 rings (SSSR count). The Morgan fingerprint density at radius 3 is 2.93 bits per heavy atom. The van der Waals surface area contributed by atoms with Crippen molar-refractivity contribution in [3.63, 3.8) is 0 Å². The number of para-hydroxylation sites is 1. The first-order valence-corrected chi connectivity index (χ1v) is 9.99. The van der Waals surface area contributed by atoms with Gasteiger partial charge in [0, 0.05) is 24.5 Å². The molecule has 1 aromatic carbocycles. The van der Waals surface area contributed by atoms with E-state index >= 15 is 0 Å². The zero-order chi connectivity index (χ0) is 18.3. The SMILES string of the molecule is CNCC1CCCN1C(=O)c1cc2c(C)nn(-c3ccccc3Cl)c2s1.Cl. The van der Waals surface area contributed by atoms with Crippen LogP contribution < -0.4 is 5.32 Å². The quantitative estimate of drug-likeness (QED) is 0.679. The molecule has 0 radical (unpaired) electrons. The number of aryl methyl sites for hydroxylation is 1. The maximum absolute atomic E-state index is 13.1. The fourth-order valence-electron chi connectivity index (χ4n) is 3.63. The van der Waals surface area contributed by atoms with Gasteiger partial charge in [-0.05, 0) is 45.0 Å². The van der Waals surface area contributed by atoms with Gasteiger partial charge in [0.15, 0.2) is 0 Å². The van der Waals surface area contributed by atoms with Crippen LogP contribution in [0.25, 0.3) is 15.9 Å². The van der Waals surface area contributed by atoms with E-state index in [1.807, 2.05) is 53.9 Å². The zero-order valence-corrected chi connectivity index (χ0v) is 17.6. The van der Waals surface area contributed by atoms with E-state index in [1.54, 1.807) is 0 Å². The van der Waals surface area contributed by atoms with Gasteiger partial charge in [0.05, 0.1) is 21.3 Å². The van der Waals surface area contributed by atoms with Crippen molar-refractivity contribution < 1.29 is 4.79 Å². The Balaban J connectivity index is 0.00000210. The lowest BCUT2D eigenvalue weighted by Gasteiger charge is -2.23. The number of carbonyl (C=O) groups is 1. The molecule has 3 aromatic rings. The van der Waals surface area contributed by atoms with Crippen LogP contribution in [0.3, 0.4) is 0 Å². The molecule has 2 aromatic heterocycles. The molecule has 0 aliphatic carbocycles. The van der Waals surface area contributed by atoms with Gasteiger partial charge in [-0.2, -0.15) is 5.10 Å². The van der Waals surface area contributed by atoms with E-state index in [0.717, 1.165) is 52.4 Å². The first-order valence-electron chi connectivity index (χ1n) is 8.79. The summed E-state index contributed by atoms with van der Waals surface area (Å²) in [6, 6.07) is 9.89. The Morgan fingerprint density at radius 2 is 2.19 bits per heavy atom. The molecular formula is C19H22Cl2N4OS. The summed E-state index contributed by atoms with van der Waals surface area (Å²) in [4.78, 5) is 16.8. The van der Waals surface area contributed by atoms with Crippen LogP contribution in [0.4, 0.5) is 0 Å². The van der Waals surface area contributed by atoms with Crippen LogP contribution in [0, 0.1) is 6.92 Å². The van der Waals surface area contributed by atoms with Crippen LogP contribution in [-0.2, 0) is 0 Å². The number of thiophene rings is 1. The highest BCUT2D eigenvalue weighted by molar-refractivity contribution is 7.20. The maximum Gasteiger partial charge on any atom is 0.264 e. The van der Waals surface area contributed by atoms with Crippen molar-refractivity contribution in [3.8, 4) is 5.69 Å². The Labute approximate surface area is 173 Å². The Hall–Kier alpha value is -1.60. The molecule has 0 saturated carbocycles. The topological polar surface area (TPSA) is 50.2 Å². The lowest BCUT2D eigenvalue weighted by Crippen LogP contribution is -2.40. The van der Waals surface area contributed by atoms with Crippen molar-refractivity contribution in [2.75, 3.05) is 20.1 Å². The summed E-state index contributed by atoms with van der Waals surface area (Å²) in [7, 11) is 1.93. The van der Waals surface area contributed by atoms with Gasteiger partial charge in [-0.1, -0.05) is 23.7 Å². The fraction of sp³-hybridized carbons (Fsp3) is 0.368. The summed E-state index contributed by atoms with van der Waals surface area (Å²) in [5, 5.41) is 9.49. The molecule has 144 valence electrons. The lowest BCUT2D eigenvalue weighted by atomic mass is 10.2. The van der Waals surface area contributed by atoms with E-state index in [9.17, 15) is 4.79 Å². The third kappa shape index (κ3) is 3.59. The minimum atomic E-state index is 0. The number of aromatic nitrogens is 2. The van der Waals surface area contributed by atoms with E-state index < -0.39 is 0 Å². The van der Waals surface area contributed by atoms with E-state index in [2.05, 4.69) is 10.4 Å². The molecule has 0 bridgehead atoms. The number of nitrogens with one attached hydrogen (secondary N) is 1. The molecule has 0 spiro atoms. The molecular weight excluding hydrogens is 403 g/mol. The summed E-state index contributed by atoms with van der Waals surface area (Å²) < 4.78 is 1.85. The second kappa shape index (κ2) is 8.19. The summed E-state index contributed by atoms with van der Waals surface area (Å²) in [5.74, 6) is 0.119. The fourth-order valence-corrected chi connectivity index (χ4v) is 4.98. The number of rotatable bonds is 4. The van der Waals surface area contributed by atoms with Crippen LogP contribution in [0.5, 0.6) is 0 Å². The highest BCUT2D eigenvalue weighted by Gasteiger charge is 2.30. The number of fused-ring (bicyclic) bond motifs is 1. The van der Waals surface area contributed by atoms with Crippen molar-refractivity contribution >= 4 is 51.5 Å². The van der Waals surface area contributed by atoms with Crippen molar-refractivity contribution in [3.05, 3.63) is 45.9 Å². The Kier molecular flexibility index (Phi) is 6.11. The van der Waals surface area contributed by atoms with E-state index in [1.165, 1.54) is 11.3 Å². The van der Waals surface area contributed by atoms with Crippen LogP contribution >= 0.6 is 35.3 Å². The number of likely N-dealkylation sites (N-methyl/N-ethyl adjacent to an activating group) is 1. The third-order valence-corrected chi connectivity index (χ3v) is 6.33. The van der Waals surface area contributed by atoms with Gasteiger partial charge in [-0.3, -0.25) is 4.79 Å².